The van der Waals surface area contributed by atoms with E-state index in [9.17, 15) is 13.2 Å². The fourth-order valence-electron chi connectivity index (χ4n) is 2.73. The second-order valence-electron chi connectivity index (χ2n) is 5.77. The Balaban J connectivity index is 1.71. The maximum atomic E-state index is 12.7. The highest BCUT2D eigenvalue weighted by atomic mass is 32.2. The van der Waals surface area contributed by atoms with E-state index in [1.54, 1.807) is 15.8 Å². The Kier molecular flexibility index (Phi) is 4.68. The van der Waals surface area contributed by atoms with Crippen molar-refractivity contribution in [2.24, 2.45) is 0 Å². The van der Waals surface area contributed by atoms with Crippen LogP contribution in [0.5, 0.6) is 0 Å². The average Bonchev–Trinajstić information content (AvgIpc) is 3.05. The van der Waals surface area contributed by atoms with Crippen LogP contribution in [0, 0.1) is 0 Å². The van der Waals surface area contributed by atoms with Crippen molar-refractivity contribution in [1.29, 1.82) is 0 Å². The van der Waals surface area contributed by atoms with Crippen LogP contribution in [0.1, 0.15) is 12.5 Å². The number of aromatic nitrogens is 2. The quantitative estimate of drug-likeness (QED) is 0.818. The first kappa shape index (κ1) is 16.7. The van der Waals surface area contributed by atoms with Crippen LogP contribution in [-0.4, -0.2) is 59.5 Å². The van der Waals surface area contributed by atoms with Gasteiger partial charge < -0.3 is 4.90 Å². The van der Waals surface area contributed by atoms with E-state index in [-0.39, 0.29) is 10.8 Å². The Morgan fingerprint density at radius 1 is 1.12 bits per heavy atom. The molecule has 8 heteroatoms. The lowest BCUT2D eigenvalue weighted by atomic mass is 10.2. The first-order valence-corrected chi connectivity index (χ1v) is 9.23. The maximum absolute atomic E-state index is 12.7. The van der Waals surface area contributed by atoms with E-state index in [0.29, 0.717) is 32.7 Å². The number of carbonyl (C=O) groups excluding carboxylic acids is 1. The number of piperazine rings is 1. The lowest BCUT2D eigenvalue weighted by molar-refractivity contribution is -0.129. The van der Waals surface area contributed by atoms with Crippen LogP contribution < -0.4 is 0 Å². The second-order valence-corrected chi connectivity index (χ2v) is 7.71. The standard InChI is InChI=1S/C16H20N4O3S/c1-14(21)18-7-9-20(10-8-18)24(22,23)16-11-17-19(13-16)12-15-5-3-2-4-6-15/h2-6,11,13H,7-10,12H2,1H3. The summed E-state index contributed by atoms with van der Waals surface area (Å²) in [5.74, 6) is -0.0253. The number of benzene rings is 1. The third-order valence-electron chi connectivity index (χ3n) is 4.12. The van der Waals surface area contributed by atoms with Crippen molar-refractivity contribution in [1.82, 2.24) is 19.0 Å². The predicted octanol–water partition coefficient (Wildman–Crippen LogP) is 0.784. The topological polar surface area (TPSA) is 75.5 Å². The summed E-state index contributed by atoms with van der Waals surface area (Å²) >= 11 is 0. The van der Waals surface area contributed by atoms with Crippen molar-refractivity contribution in [2.45, 2.75) is 18.4 Å². The zero-order chi connectivity index (χ0) is 17.2. The molecule has 0 radical (unpaired) electrons. The van der Waals surface area contributed by atoms with Crippen LogP contribution in [0.4, 0.5) is 0 Å². The Morgan fingerprint density at radius 2 is 1.79 bits per heavy atom. The molecule has 0 unspecified atom stereocenters. The molecule has 2 aromatic rings. The van der Waals surface area contributed by atoms with Crippen molar-refractivity contribution in [3.05, 3.63) is 48.3 Å². The van der Waals surface area contributed by atoms with Gasteiger partial charge in [0.05, 0.1) is 12.7 Å². The number of hydrogen-bond donors (Lipinski definition) is 0. The monoisotopic (exact) mass is 348 g/mol. The van der Waals surface area contributed by atoms with Gasteiger partial charge in [0.15, 0.2) is 0 Å². The summed E-state index contributed by atoms with van der Waals surface area (Å²) in [4.78, 5) is 13.2. The van der Waals surface area contributed by atoms with Gasteiger partial charge in [0.1, 0.15) is 4.90 Å². The highest BCUT2D eigenvalue weighted by molar-refractivity contribution is 7.89. The Hall–Kier alpha value is -2.19. The molecule has 2 heterocycles. The Labute approximate surface area is 141 Å². The third-order valence-corrected chi connectivity index (χ3v) is 5.97. The summed E-state index contributed by atoms with van der Waals surface area (Å²) in [5.41, 5.74) is 1.06. The molecule has 128 valence electrons. The number of rotatable bonds is 4. The van der Waals surface area contributed by atoms with Gasteiger partial charge in [-0.2, -0.15) is 9.40 Å². The van der Waals surface area contributed by atoms with Crippen LogP contribution in [-0.2, 0) is 21.4 Å². The minimum atomic E-state index is -3.57. The van der Waals surface area contributed by atoms with Crippen molar-refractivity contribution in [2.75, 3.05) is 26.2 Å². The SMILES string of the molecule is CC(=O)N1CCN(S(=O)(=O)c2cnn(Cc3ccccc3)c2)CC1. The molecule has 3 rings (SSSR count). The molecule has 24 heavy (non-hydrogen) atoms. The molecule has 0 saturated carbocycles. The van der Waals surface area contributed by atoms with Crippen LogP contribution in [0.15, 0.2) is 47.6 Å². The molecule has 1 aromatic heterocycles. The van der Waals surface area contributed by atoms with Gasteiger partial charge in [-0.05, 0) is 5.56 Å². The number of sulfonamides is 1. The van der Waals surface area contributed by atoms with E-state index >= 15 is 0 Å². The molecular formula is C16H20N4O3S. The number of hydrogen-bond acceptors (Lipinski definition) is 4. The van der Waals surface area contributed by atoms with E-state index in [4.69, 9.17) is 0 Å². The zero-order valence-corrected chi connectivity index (χ0v) is 14.3. The van der Waals surface area contributed by atoms with Crippen LogP contribution in [0.3, 0.4) is 0 Å². The van der Waals surface area contributed by atoms with Crippen molar-refractivity contribution in [3.8, 4) is 0 Å². The summed E-state index contributed by atoms with van der Waals surface area (Å²) in [5, 5.41) is 4.16. The number of nitrogens with zero attached hydrogens (tertiary/aromatic N) is 4. The van der Waals surface area contributed by atoms with E-state index in [2.05, 4.69) is 5.10 Å². The van der Waals surface area contributed by atoms with Gasteiger partial charge in [0, 0.05) is 39.3 Å². The van der Waals surface area contributed by atoms with E-state index in [0.717, 1.165) is 5.56 Å². The fourth-order valence-corrected chi connectivity index (χ4v) is 4.10. The number of amides is 1. The van der Waals surface area contributed by atoms with Crippen molar-refractivity contribution in [3.63, 3.8) is 0 Å². The molecule has 0 aliphatic carbocycles. The maximum Gasteiger partial charge on any atom is 0.246 e. The van der Waals surface area contributed by atoms with Crippen molar-refractivity contribution >= 4 is 15.9 Å². The smallest absolute Gasteiger partial charge is 0.246 e. The molecule has 0 spiro atoms. The van der Waals surface area contributed by atoms with E-state index < -0.39 is 10.0 Å². The molecule has 0 bridgehead atoms. The minimum absolute atomic E-state index is 0.0253. The first-order valence-electron chi connectivity index (χ1n) is 7.79. The molecule has 7 nitrogen and oxygen atoms in total. The van der Waals surface area contributed by atoms with Gasteiger partial charge in [0.2, 0.25) is 15.9 Å². The first-order chi connectivity index (χ1) is 11.5. The van der Waals surface area contributed by atoms with Gasteiger partial charge in [0.25, 0.3) is 0 Å². The molecule has 1 saturated heterocycles. The molecule has 1 fully saturated rings. The molecule has 1 aliphatic rings. The highest BCUT2D eigenvalue weighted by Gasteiger charge is 2.30. The third kappa shape index (κ3) is 3.49. The van der Waals surface area contributed by atoms with E-state index in [1.807, 2.05) is 30.3 Å². The van der Waals surface area contributed by atoms with E-state index in [1.165, 1.54) is 17.4 Å². The van der Waals surface area contributed by atoms with Gasteiger partial charge in [-0.3, -0.25) is 9.48 Å². The van der Waals surface area contributed by atoms with Gasteiger partial charge in [-0.25, -0.2) is 8.42 Å². The lowest BCUT2D eigenvalue weighted by Crippen LogP contribution is -2.49. The zero-order valence-electron chi connectivity index (χ0n) is 13.5. The van der Waals surface area contributed by atoms with Crippen LogP contribution >= 0.6 is 0 Å². The highest BCUT2D eigenvalue weighted by Crippen LogP contribution is 2.17. The van der Waals surface area contributed by atoms with Gasteiger partial charge >= 0.3 is 0 Å². The average molecular weight is 348 g/mol. The molecule has 0 N–H and O–H groups in total. The summed E-state index contributed by atoms with van der Waals surface area (Å²) in [7, 11) is -3.57. The minimum Gasteiger partial charge on any atom is -0.340 e. The molecule has 1 aromatic carbocycles. The van der Waals surface area contributed by atoms with Crippen LogP contribution in [0.25, 0.3) is 0 Å². The molecule has 1 amide bonds. The van der Waals surface area contributed by atoms with Crippen LogP contribution in [0.2, 0.25) is 0 Å². The summed E-state index contributed by atoms with van der Waals surface area (Å²) < 4.78 is 28.4. The number of carbonyl (C=O) groups is 1. The van der Waals surface area contributed by atoms with Gasteiger partial charge in [-0.15, -0.1) is 0 Å². The summed E-state index contributed by atoms with van der Waals surface area (Å²) in [6.07, 6.45) is 2.94. The normalized spacial score (nSPS) is 16.3. The fraction of sp³-hybridized carbons (Fsp3) is 0.375. The summed E-state index contributed by atoms with van der Waals surface area (Å²) in [6.45, 7) is 3.49. The largest absolute Gasteiger partial charge is 0.340 e. The second kappa shape index (κ2) is 6.74. The van der Waals surface area contributed by atoms with Crippen molar-refractivity contribution < 1.29 is 13.2 Å². The molecule has 1 aliphatic heterocycles. The Morgan fingerprint density at radius 3 is 2.42 bits per heavy atom. The molecule has 0 atom stereocenters. The Bertz CT molecular complexity index is 809. The molecular weight excluding hydrogens is 328 g/mol. The summed E-state index contributed by atoms with van der Waals surface area (Å²) in [6, 6.07) is 9.74. The predicted molar refractivity (Wildman–Crippen MR) is 88.8 cm³/mol. The van der Waals surface area contributed by atoms with Gasteiger partial charge in [-0.1, -0.05) is 30.3 Å². The lowest BCUT2D eigenvalue weighted by Gasteiger charge is -2.33.